The number of likely N-dealkylation sites (tertiary alicyclic amines) is 1. The van der Waals surface area contributed by atoms with Gasteiger partial charge in [-0.25, -0.2) is 0 Å². The highest BCUT2D eigenvalue weighted by molar-refractivity contribution is 5.73. The molecule has 1 N–H and O–H groups in total. The predicted molar refractivity (Wildman–Crippen MR) is 73.3 cm³/mol. The average molecular weight is 270 g/mol. The smallest absolute Gasteiger partial charge is 0.320 e. The van der Waals surface area contributed by atoms with Crippen LogP contribution in [0.5, 0.6) is 0 Å². The molecule has 2 aliphatic heterocycles. The van der Waals surface area contributed by atoms with E-state index in [0.717, 1.165) is 58.8 Å². The number of morpholine rings is 1. The summed E-state index contributed by atoms with van der Waals surface area (Å²) in [5.74, 6) is -0.667. The van der Waals surface area contributed by atoms with Crippen molar-refractivity contribution < 1.29 is 14.6 Å². The number of nitrogens with zero attached hydrogens (tertiary/aromatic N) is 2. The van der Waals surface area contributed by atoms with Crippen LogP contribution < -0.4 is 0 Å². The first-order valence-corrected chi connectivity index (χ1v) is 7.25. The monoisotopic (exact) mass is 270 g/mol. The molecule has 0 radical (unpaired) electrons. The lowest BCUT2D eigenvalue weighted by Crippen LogP contribution is -2.48. The molecule has 1 atom stereocenters. The Balaban J connectivity index is 1.86. The first-order chi connectivity index (χ1) is 8.98. The molecule has 19 heavy (non-hydrogen) atoms. The van der Waals surface area contributed by atoms with Gasteiger partial charge < -0.3 is 9.84 Å². The van der Waals surface area contributed by atoms with Gasteiger partial charge in [0.1, 0.15) is 6.04 Å². The maximum absolute atomic E-state index is 11.2. The third-order valence-corrected chi connectivity index (χ3v) is 4.04. The van der Waals surface area contributed by atoms with Gasteiger partial charge in [-0.2, -0.15) is 0 Å². The minimum atomic E-state index is -0.667. The highest BCUT2D eigenvalue weighted by Crippen LogP contribution is 2.25. The minimum absolute atomic E-state index is 0.120. The molecule has 0 saturated carbocycles. The van der Waals surface area contributed by atoms with Gasteiger partial charge in [-0.05, 0) is 24.8 Å². The van der Waals surface area contributed by atoms with E-state index in [1.165, 1.54) is 0 Å². The standard InChI is InChI=1S/C14H26N2O3/c1-14(2,10-15-6-8-19-9-7-15)11-16-5-3-4-12(16)13(17)18/h12H,3-11H2,1-2H3,(H,17,18)/t12-/m0/s1. The molecule has 0 amide bonds. The molecule has 5 nitrogen and oxygen atoms in total. The molecule has 0 aromatic heterocycles. The van der Waals surface area contributed by atoms with E-state index >= 15 is 0 Å². The topological polar surface area (TPSA) is 53.0 Å². The molecule has 2 rings (SSSR count). The third kappa shape index (κ3) is 4.16. The minimum Gasteiger partial charge on any atom is -0.480 e. The Labute approximate surface area is 115 Å². The van der Waals surface area contributed by atoms with Crippen LogP contribution in [0.3, 0.4) is 0 Å². The molecule has 0 aromatic carbocycles. The van der Waals surface area contributed by atoms with Crippen molar-refractivity contribution in [3.8, 4) is 0 Å². The van der Waals surface area contributed by atoms with Crippen LogP contribution in [0.2, 0.25) is 0 Å². The van der Waals surface area contributed by atoms with Crippen LogP contribution in [-0.2, 0) is 9.53 Å². The second kappa shape index (κ2) is 6.20. The summed E-state index contributed by atoms with van der Waals surface area (Å²) in [4.78, 5) is 15.8. The van der Waals surface area contributed by atoms with Crippen LogP contribution in [0, 0.1) is 5.41 Å². The van der Waals surface area contributed by atoms with Crippen molar-refractivity contribution in [2.75, 3.05) is 45.9 Å². The molecule has 5 heteroatoms. The molecule has 0 bridgehead atoms. The van der Waals surface area contributed by atoms with E-state index in [0.29, 0.717) is 0 Å². The fraction of sp³-hybridized carbons (Fsp3) is 0.929. The Bertz CT molecular complexity index is 314. The molecule has 110 valence electrons. The van der Waals surface area contributed by atoms with Crippen LogP contribution >= 0.6 is 0 Å². The van der Waals surface area contributed by atoms with Gasteiger partial charge in [0.05, 0.1) is 13.2 Å². The number of carboxylic acid groups (broad SMARTS) is 1. The number of carbonyl (C=O) groups is 1. The lowest BCUT2D eigenvalue weighted by Gasteiger charge is -2.38. The van der Waals surface area contributed by atoms with Crippen LogP contribution in [0.4, 0.5) is 0 Å². The number of ether oxygens (including phenoxy) is 1. The number of carboxylic acids is 1. The fourth-order valence-corrected chi connectivity index (χ4v) is 3.26. The van der Waals surface area contributed by atoms with Crippen LogP contribution in [0.1, 0.15) is 26.7 Å². The second-order valence-corrected chi connectivity index (χ2v) is 6.52. The summed E-state index contributed by atoms with van der Waals surface area (Å²) in [5, 5.41) is 9.23. The molecule has 2 aliphatic rings. The van der Waals surface area contributed by atoms with Crippen molar-refractivity contribution in [3.05, 3.63) is 0 Å². The molecular weight excluding hydrogens is 244 g/mol. The lowest BCUT2D eigenvalue weighted by atomic mass is 9.91. The maximum Gasteiger partial charge on any atom is 0.320 e. The lowest BCUT2D eigenvalue weighted by molar-refractivity contribution is -0.142. The Kier molecular flexibility index (Phi) is 4.81. The fourth-order valence-electron chi connectivity index (χ4n) is 3.26. The van der Waals surface area contributed by atoms with Crippen LogP contribution in [0.15, 0.2) is 0 Å². The second-order valence-electron chi connectivity index (χ2n) is 6.52. The van der Waals surface area contributed by atoms with E-state index in [4.69, 9.17) is 4.74 Å². The zero-order valence-electron chi connectivity index (χ0n) is 12.1. The normalized spacial score (nSPS) is 26.7. The van der Waals surface area contributed by atoms with E-state index in [-0.39, 0.29) is 11.5 Å². The quantitative estimate of drug-likeness (QED) is 0.804. The Morgan fingerprint density at radius 1 is 1.26 bits per heavy atom. The predicted octanol–water partition coefficient (Wildman–Crippen LogP) is 0.894. The summed E-state index contributed by atoms with van der Waals surface area (Å²) in [7, 11) is 0. The van der Waals surface area contributed by atoms with Gasteiger partial charge in [-0.15, -0.1) is 0 Å². The molecule has 0 spiro atoms. The van der Waals surface area contributed by atoms with Gasteiger partial charge in [-0.1, -0.05) is 13.8 Å². The Morgan fingerprint density at radius 2 is 1.95 bits per heavy atom. The van der Waals surface area contributed by atoms with Crippen molar-refractivity contribution in [1.82, 2.24) is 9.80 Å². The summed E-state index contributed by atoms with van der Waals surface area (Å²) in [6.07, 6.45) is 1.80. The highest BCUT2D eigenvalue weighted by atomic mass is 16.5. The number of hydrogen-bond acceptors (Lipinski definition) is 4. The largest absolute Gasteiger partial charge is 0.480 e. The van der Waals surface area contributed by atoms with Gasteiger partial charge in [0.2, 0.25) is 0 Å². The molecular formula is C14H26N2O3. The van der Waals surface area contributed by atoms with Crippen molar-refractivity contribution in [2.24, 2.45) is 5.41 Å². The maximum atomic E-state index is 11.2. The molecule has 0 aromatic rings. The van der Waals surface area contributed by atoms with Gasteiger partial charge >= 0.3 is 5.97 Å². The van der Waals surface area contributed by atoms with E-state index in [2.05, 4.69) is 23.6 Å². The Morgan fingerprint density at radius 3 is 2.58 bits per heavy atom. The van der Waals surface area contributed by atoms with Crippen molar-refractivity contribution >= 4 is 5.97 Å². The van der Waals surface area contributed by atoms with E-state index in [1.807, 2.05) is 0 Å². The summed E-state index contributed by atoms with van der Waals surface area (Å²) in [5.41, 5.74) is 0.120. The van der Waals surface area contributed by atoms with Gasteiger partial charge in [-0.3, -0.25) is 14.6 Å². The third-order valence-electron chi connectivity index (χ3n) is 4.04. The summed E-state index contributed by atoms with van der Waals surface area (Å²) in [6, 6.07) is -0.274. The summed E-state index contributed by atoms with van der Waals surface area (Å²) < 4.78 is 5.37. The van der Waals surface area contributed by atoms with Crippen molar-refractivity contribution in [3.63, 3.8) is 0 Å². The van der Waals surface area contributed by atoms with Crippen molar-refractivity contribution in [2.45, 2.75) is 32.7 Å². The van der Waals surface area contributed by atoms with E-state index in [1.54, 1.807) is 0 Å². The number of rotatable bonds is 5. The SMILES string of the molecule is CC(C)(CN1CCOCC1)CN1CCC[C@H]1C(=O)O. The van der Waals surface area contributed by atoms with Gasteiger partial charge in [0, 0.05) is 26.2 Å². The van der Waals surface area contributed by atoms with E-state index in [9.17, 15) is 9.90 Å². The summed E-state index contributed by atoms with van der Waals surface area (Å²) in [6.45, 7) is 10.9. The van der Waals surface area contributed by atoms with Gasteiger partial charge in [0.25, 0.3) is 0 Å². The molecule has 0 aliphatic carbocycles. The molecule has 2 saturated heterocycles. The van der Waals surface area contributed by atoms with Gasteiger partial charge in [0.15, 0.2) is 0 Å². The molecule has 2 heterocycles. The van der Waals surface area contributed by atoms with Crippen molar-refractivity contribution in [1.29, 1.82) is 0 Å². The zero-order chi connectivity index (χ0) is 13.9. The first-order valence-electron chi connectivity index (χ1n) is 7.25. The Hall–Kier alpha value is -0.650. The average Bonchev–Trinajstić information content (AvgIpc) is 2.77. The highest BCUT2D eigenvalue weighted by Gasteiger charge is 2.35. The van der Waals surface area contributed by atoms with Crippen LogP contribution in [0.25, 0.3) is 0 Å². The number of aliphatic carboxylic acids is 1. The zero-order valence-corrected chi connectivity index (χ0v) is 12.1. The summed E-state index contributed by atoms with van der Waals surface area (Å²) >= 11 is 0. The number of hydrogen-bond donors (Lipinski definition) is 1. The first kappa shape index (κ1) is 14.8. The molecule has 0 unspecified atom stereocenters. The van der Waals surface area contributed by atoms with Crippen LogP contribution in [-0.4, -0.2) is 72.9 Å². The van der Waals surface area contributed by atoms with E-state index < -0.39 is 5.97 Å². The molecule has 2 fully saturated rings.